The molecule has 0 aromatic heterocycles. The molecule has 0 radical (unpaired) electrons. The zero-order chi connectivity index (χ0) is 18.2. The first-order valence-electron chi connectivity index (χ1n) is 8.44. The van der Waals surface area contributed by atoms with Crippen LogP contribution < -0.4 is 9.47 Å². The van der Waals surface area contributed by atoms with Crippen molar-refractivity contribution in [1.29, 1.82) is 0 Å². The Balaban J connectivity index is 2.15. The van der Waals surface area contributed by atoms with E-state index >= 15 is 0 Å². The number of carbonyl (C=O) groups is 1. The van der Waals surface area contributed by atoms with E-state index in [2.05, 4.69) is 0 Å². The van der Waals surface area contributed by atoms with Crippen molar-refractivity contribution in [2.75, 3.05) is 20.3 Å². The van der Waals surface area contributed by atoms with Crippen LogP contribution in [0.2, 0.25) is 5.02 Å². The van der Waals surface area contributed by atoms with Crippen molar-refractivity contribution in [3.63, 3.8) is 0 Å². The summed E-state index contributed by atoms with van der Waals surface area (Å²) in [6.07, 6.45) is 0.911. The van der Waals surface area contributed by atoms with Gasteiger partial charge in [0.15, 0.2) is 11.5 Å². The maximum atomic E-state index is 12.7. The number of benzene rings is 2. The molecule has 0 saturated heterocycles. The fourth-order valence-corrected chi connectivity index (χ4v) is 2.65. The highest BCUT2D eigenvalue weighted by Gasteiger charge is 2.15. The number of nitrogens with zero attached hydrogens (tertiary/aromatic N) is 1. The molecule has 0 aliphatic carbocycles. The van der Waals surface area contributed by atoms with Gasteiger partial charge in [-0.1, -0.05) is 30.7 Å². The Morgan fingerprint density at radius 3 is 2.56 bits per heavy atom. The monoisotopic (exact) mass is 361 g/mol. The number of halogens is 1. The van der Waals surface area contributed by atoms with Gasteiger partial charge in [0.2, 0.25) is 0 Å². The van der Waals surface area contributed by atoms with Gasteiger partial charge in [0.1, 0.15) is 0 Å². The van der Waals surface area contributed by atoms with Gasteiger partial charge >= 0.3 is 0 Å². The predicted molar refractivity (Wildman–Crippen MR) is 101 cm³/mol. The van der Waals surface area contributed by atoms with Crippen LogP contribution in [0.1, 0.15) is 36.2 Å². The van der Waals surface area contributed by atoms with E-state index in [0.29, 0.717) is 41.8 Å². The molecule has 4 nitrogen and oxygen atoms in total. The number of ether oxygens (including phenoxy) is 2. The molecule has 2 aromatic carbocycles. The highest BCUT2D eigenvalue weighted by molar-refractivity contribution is 6.30. The van der Waals surface area contributed by atoms with Gasteiger partial charge in [0, 0.05) is 24.2 Å². The summed E-state index contributed by atoms with van der Waals surface area (Å²) in [4.78, 5) is 14.4. The largest absolute Gasteiger partial charge is 0.490 e. The standard InChI is InChI=1S/C20H24ClNO3/c1-4-11-25-18-10-9-16(13-19(18)24-5-2)20(23)22(3)14-15-7-6-8-17(21)12-15/h6-10,12-13H,4-5,11,14H2,1-3H3. The fraction of sp³-hybridized carbons (Fsp3) is 0.350. The van der Waals surface area contributed by atoms with Crippen molar-refractivity contribution in [2.24, 2.45) is 0 Å². The van der Waals surface area contributed by atoms with E-state index < -0.39 is 0 Å². The number of hydrogen-bond donors (Lipinski definition) is 0. The molecule has 2 aromatic rings. The second kappa shape index (κ2) is 9.33. The van der Waals surface area contributed by atoms with Crippen LogP contribution in [0, 0.1) is 0 Å². The predicted octanol–water partition coefficient (Wildman–Crippen LogP) is 4.80. The number of amides is 1. The third-order valence-corrected chi connectivity index (χ3v) is 3.84. The summed E-state index contributed by atoms with van der Waals surface area (Å²) in [7, 11) is 1.77. The molecule has 0 bridgehead atoms. The molecule has 0 heterocycles. The summed E-state index contributed by atoms with van der Waals surface area (Å²) in [6.45, 7) is 5.56. The van der Waals surface area contributed by atoms with Crippen LogP contribution >= 0.6 is 11.6 Å². The van der Waals surface area contributed by atoms with Crippen molar-refractivity contribution < 1.29 is 14.3 Å². The Labute approximate surface area is 154 Å². The lowest BCUT2D eigenvalue weighted by Gasteiger charge is -2.19. The van der Waals surface area contributed by atoms with E-state index in [-0.39, 0.29) is 5.91 Å². The highest BCUT2D eigenvalue weighted by atomic mass is 35.5. The van der Waals surface area contributed by atoms with Crippen LogP contribution in [0.4, 0.5) is 0 Å². The third-order valence-electron chi connectivity index (χ3n) is 3.61. The Morgan fingerprint density at radius 2 is 1.88 bits per heavy atom. The molecule has 134 valence electrons. The SMILES string of the molecule is CCCOc1ccc(C(=O)N(C)Cc2cccc(Cl)c2)cc1OCC. The van der Waals surface area contributed by atoms with Crippen LogP contribution in [0.15, 0.2) is 42.5 Å². The minimum Gasteiger partial charge on any atom is -0.490 e. The van der Waals surface area contributed by atoms with Gasteiger partial charge in [-0.2, -0.15) is 0 Å². The first kappa shape index (κ1) is 19.1. The van der Waals surface area contributed by atoms with E-state index in [1.807, 2.05) is 38.1 Å². The van der Waals surface area contributed by atoms with E-state index in [9.17, 15) is 4.79 Å². The Hall–Kier alpha value is -2.20. The molecule has 0 spiro atoms. The first-order valence-corrected chi connectivity index (χ1v) is 8.82. The molecule has 1 amide bonds. The van der Waals surface area contributed by atoms with Crippen molar-refractivity contribution in [3.05, 3.63) is 58.6 Å². The molecule has 0 unspecified atom stereocenters. The van der Waals surface area contributed by atoms with E-state index in [0.717, 1.165) is 12.0 Å². The summed E-state index contributed by atoms with van der Waals surface area (Å²) in [5, 5.41) is 0.661. The molecule has 2 rings (SSSR count). The first-order chi connectivity index (χ1) is 12.0. The van der Waals surface area contributed by atoms with Crippen molar-refractivity contribution >= 4 is 17.5 Å². The lowest BCUT2D eigenvalue weighted by molar-refractivity contribution is 0.0784. The molecular formula is C20H24ClNO3. The maximum absolute atomic E-state index is 12.7. The molecule has 0 atom stereocenters. The molecule has 25 heavy (non-hydrogen) atoms. The van der Waals surface area contributed by atoms with Crippen LogP contribution in [0.25, 0.3) is 0 Å². The zero-order valence-corrected chi connectivity index (χ0v) is 15.7. The second-order valence-electron chi connectivity index (χ2n) is 5.73. The summed E-state index contributed by atoms with van der Waals surface area (Å²) in [5.74, 6) is 1.18. The Kier molecular flexibility index (Phi) is 7.14. The summed E-state index contributed by atoms with van der Waals surface area (Å²) in [6, 6.07) is 12.8. The zero-order valence-electron chi connectivity index (χ0n) is 14.9. The van der Waals surface area contributed by atoms with Crippen molar-refractivity contribution in [3.8, 4) is 11.5 Å². The van der Waals surface area contributed by atoms with Gasteiger partial charge in [0.25, 0.3) is 5.91 Å². The lowest BCUT2D eigenvalue weighted by atomic mass is 10.1. The van der Waals surface area contributed by atoms with E-state index in [1.54, 1.807) is 30.1 Å². The molecular weight excluding hydrogens is 338 g/mol. The van der Waals surface area contributed by atoms with Gasteiger partial charge in [0.05, 0.1) is 13.2 Å². The molecule has 0 aliphatic heterocycles. The molecule has 5 heteroatoms. The molecule has 0 N–H and O–H groups in total. The molecule has 0 saturated carbocycles. The van der Waals surface area contributed by atoms with Gasteiger partial charge in [-0.05, 0) is 49.2 Å². The minimum atomic E-state index is -0.0806. The average Bonchev–Trinajstić information content (AvgIpc) is 2.60. The van der Waals surface area contributed by atoms with Crippen LogP contribution in [0.3, 0.4) is 0 Å². The third kappa shape index (κ3) is 5.40. The lowest BCUT2D eigenvalue weighted by Crippen LogP contribution is -2.26. The van der Waals surface area contributed by atoms with Gasteiger partial charge in [-0.25, -0.2) is 0 Å². The van der Waals surface area contributed by atoms with Crippen LogP contribution in [0.5, 0.6) is 11.5 Å². The number of hydrogen-bond acceptors (Lipinski definition) is 3. The highest BCUT2D eigenvalue weighted by Crippen LogP contribution is 2.29. The second-order valence-corrected chi connectivity index (χ2v) is 6.17. The van der Waals surface area contributed by atoms with Gasteiger partial charge in [-0.15, -0.1) is 0 Å². The Bertz CT molecular complexity index is 718. The fourth-order valence-electron chi connectivity index (χ4n) is 2.44. The van der Waals surface area contributed by atoms with Crippen LogP contribution in [-0.2, 0) is 6.54 Å². The summed E-state index contributed by atoms with van der Waals surface area (Å²) in [5.41, 5.74) is 1.55. The Morgan fingerprint density at radius 1 is 1.08 bits per heavy atom. The van der Waals surface area contributed by atoms with Gasteiger partial charge in [-0.3, -0.25) is 4.79 Å². The van der Waals surface area contributed by atoms with Crippen LogP contribution in [-0.4, -0.2) is 31.1 Å². The quantitative estimate of drug-likeness (QED) is 0.678. The molecule has 0 fully saturated rings. The maximum Gasteiger partial charge on any atom is 0.254 e. The van der Waals surface area contributed by atoms with Crippen molar-refractivity contribution in [1.82, 2.24) is 4.90 Å². The smallest absolute Gasteiger partial charge is 0.254 e. The normalized spacial score (nSPS) is 10.4. The van der Waals surface area contributed by atoms with Crippen molar-refractivity contribution in [2.45, 2.75) is 26.8 Å². The average molecular weight is 362 g/mol. The van der Waals surface area contributed by atoms with Gasteiger partial charge < -0.3 is 14.4 Å². The topological polar surface area (TPSA) is 38.8 Å². The number of rotatable bonds is 8. The van der Waals surface area contributed by atoms with E-state index in [1.165, 1.54) is 0 Å². The van der Waals surface area contributed by atoms with E-state index in [4.69, 9.17) is 21.1 Å². The summed E-state index contributed by atoms with van der Waals surface area (Å²) >= 11 is 6.01. The number of carbonyl (C=O) groups excluding carboxylic acids is 1. The minimum absolute atomic E-state index is 0.0806. The summed E-state index contributed by atoms with van der Waals surface area (Å²) < 4.78 is 11.3. The molecule has 0 aliphatic rings.